The van der Waals surface area contributed by atoms with Crippen LogP contribution >= 0.6 is 0 Å². The lowest BCUT2D eigenvalue weighted by Gasteiger charge is -2.47. The maximum absolute atomic E-state index is 14.3. The normalized spacial score (nSPS) is 40.6. The first kappa shape index (κ1) is 46.2. The molecule has 0 spiro atoms. The van der Waals surface area contributed by atoms with Crippen molar-refractivity contribution in [3.8, 4) is 0 Å². The number of ketones is 2. The molecule has 56 heavy (non-hydrogen) atoms. The molecule has 3 fully saturated rings. The number of nitrogens with zero attached hydrogens (tertiary/aromatic N) is 1. The zero-order valence-corrected chi connectivity index (χ0v) is 35.1. The average Bonchev–Trinajstić information content (AvgIpc) is 3.18. The Hall–Kier alpha value is -2.52. The van der Waals surface area contributed by atoms with E-state index in [-0.39, 0.29) is 49.5 Å². The fraction of sp³-hybridized carbons (Fsp3) is 0.814. The lowest BCUT2D eigenvalue weighted by molar-refractivity contribution is -0.302. The Bertz CT molecular complexity index is 1430. The molecule has 14 atom stereocenters. The second kappa shape index (κ2) is 20.4. The summed E-state index contributed by atoms with van der Waals surface area (Å²) < 4.78 is 29.7. The molecule has 13 heteroatoms. The van der Waals surface area contributed by atoms with Gasteiger partial charge in [0.2, 0.25) is 5.79 Å². The number of hydrogen-bond donors (Lipinski definition) is 3. The van der Waals surface area contributed by atoms with E-state index >= 15 is 0 Å². The fourth-order valence-corrected chi connectivity index (χ4v) is 9.39. The lowest BCUT2D eigenvalue weighted by Crippen LogP contribution is -2.64. The first-order chi connectivity index (χ1) is 26.5. The number of carbonyl (C=O) groups excluding carboxylic acids is 4. The molecule has 2 bridgehead atoms. The van der Waals surface area contributed by atoms with E-state index < -0.39 is 83.9 Å². The molecule has 1 aliphatic carbocycles. The third kappa shape index (κ3) is 10.7. The molecule has 1 unspecified atom stereocenters. The molecule has 318 valence electrons. The van der Waals surface area contributed by atoms with Crippen LogP contribution in [0.15, 0.2) is 23.3 Å². The third-order valence-electron chi connectivity index (χ3n) is 12.9. The minimum Gasteiger partial charge on any atom is -0.456 e. The van der Waals surface area contributed by atoms with E-state index in [1.807, 2.05) is 32.9 Å². The van der Waals surface area contributed by atoms with Crippen molar-refractivity contribution in [2.75, 3.05) is 27.9 Å². The van der Waals surface area contributed by atoms with Gasteiger partial charge in [-0.05, 0) is 95.5 Å². The molecule has 4 rings (SSSR count). The third-order valence-corrected chi connectivity index (χ3v) is 12.9. The highest BCUT2D eigenvalue weighted by Crippen LogP contribution is 2.39. The van der Waals surface area contributed by atoms with E-state index in [1.54, 1.807) is 21.0 Å². The summed E-state index contributed by atoms with van der Waals surface area (Å²) in [5.74, 6) is -7.50. The van der Waals surface area contributed by atoms with Crippen molar-refractivity contribution in [2.45, 2.75) is 167 Å². The number of rotatable bonds is 6. The summed E-state index contributed by atoms with van der Waals surface area (Å²) in [5.41, 5.74) is 1.66. The van der Waals surface area contributed by atoms with Gasteiger partial charge in [0, 0.05) is 52.0 Å². The number of carbonyl (C=O) groups is 4. The predicted octanol–water partition coefficient (Wildman–Crippen LogP) is 4.47. The van der Waals surface area contributed by atoms with E-state index in [0.717, 1.165) is 5.57 Å². The highest BCUT2D eigenvalue weighted by Gasteiger charge is 2.56. The number of ether oxygens (including phenoxy) is 5. The molecule has 0 radical (unpaired) electrons. The van der Waals surface area contributed by atoms with Gasteiger partial charge in [-0.1, -0.05) is 45.4 Å². The van der Waals surface area contributed by atoms with Gasteiger partial charge in [0.05, 0.1) is 30.5 Å². The number of aliphatic hydroxyl groups excluding tert-OH is 2. The predicted molar refractivity (Wildman–Crippen MR) is 208 cm³/mol. The number of aliphatic hydroxyl groups is 3. The quantitative estimate of drug-likeness (QED) is 0.196. The average molecular weight is 792 g/mol. The Balaban J connectivity index is 1.76. The van der Waals surface area contributed by atoms with Crippen molar-refractivity contribution in [2.24, 2.45) is 29.6 Å². The van der Waals surface area contributed by atoms with Crippen LogP contribution in [0.4, 0.5) is 0 Å². The Kier molecular flexibility index (Phi) is 16.9. The minimum atomic E-state index is -2.50. The van der Waals surface area contributed by atoms with Crippen molar-refractivity contribution in [1.82, 2.24) is 4.90 Å². The molecule has 4 aliphatic rings. The van der Waals surface area contributed by atoms with Gasteiger partial charge in [0.15, 0.2) is 0 Å². The summed E-state index contributed by atoms with van der Waals surface area (Å²) in [6.07, 6.45) is 3.72. The van der Waals surface area contributed by atoms with Crippen LogP contribution in [-0.2, 0) is 42.9 Å². The lowest BCUT2D eigenvalue weighted by atomic mass is 9.81. The van der Waals surface area contributed by atoms with E-state index in [9.17, 15) is 34.5 Å². The van der Waals surface area contributed by atoms with Crippen LogP contribution in [0.2, 0.25) is 0 Å². The number of allylic oxidation sites excluding steroid dienone is 3. The van der Waals surface area contributed by atoms with Crippen LogP contribution in [0.5, 0.6) is 0 Å². The number of piperidine rings is 1. The number of esters is 1. The smallest absolute Gasteiger partial charge is 0.329 e. The monoisotopic (exact) mass is 791 g/mol. The number of methoxy groups -OCH3 is 3. The van der Waals surface area contributed by atoms with Crippen molar-refractivity contribution < 1.29 is 58.2 Å². The SMILES string of the molecule is CCC1C=C(C)C[C@H](C)C[C@H](OC)[C@H]2O[C@@](O)(C(=O)C(=O)N3CCCC[C@H]3C(=O)O[C@H](/C(C)=C/[C@@H]3CC[C@@H](O)[C@H](OC)C3)[C@H](C)[C@@H](O)CC1=O)[C@H](C)C[C@@H]2OC. The molecule has 13 nitrogen and oxygen atoms in total. The minimum absolute atomic E-state index is 0.000914. The Morgan fingerprint density at radius 3 is 2.21 bits per heavy atom. The van der Waals surface area contributed by atoms with Gasteiger partial charge < -0.3 is 43.9 Å². The molecule has 0 aromatic heterocycles. The highest BCUT2D eigenvalue weighted by molar-refractivity contribution is 6.39. The van der Waals surface area contributed by atoms with Crippen molar-refractivity contribution in [3.05, 3.63) is 23.3 Å². The topological polar surface area (TPSA) is 178 Å². The van der Waals surface area contributed by atoms with Crippen LogP contribution in [0.25, 0.3) is 0 Å². The maximum atomic E-state index is 14.3. The molecular formula is C43H69NO12. The van der Waals surface area contributed by atoms with Gasteiger partial charge in [-0.2, -0.15) is 0 Å². The number of amides is 1. The van der Waals surface area contributed by atoms with Gasteiger partial charge in [-0.25, -0.2) is 4.79 Å². The molecule has 0 aromatic rings. The van der Waals surface area contributed by atoms with Gasteiger partial charge in [-0.15, -0.1) is 0 Å². The maximum Gasteiger partial charge on any atom is 0.329 e. The highest BCUT2D eigenvalue weighted by atomic mass is 16.7. The number of hydrogen-bond acceptors (Lipinski definition) is 12. The molecule has 0 aromatic carbocycles. The van der Waals surface area contributed by atoms with E-state index in [0.29, 0.717) is 56.9 Å². The van der Waals surface area contributed by atoms with Crippen molar-refractivity contribution in [1.29, 1.82) is 0 Å². The first-order valence-corrected chi connectivity index (χ1v) is 20.8. The zero-order chi connectivity index (χ0) is 41.5. The van der Waals surface area contributed by atoms with Gasteiger partial charge in [0.25, 0.3) is 11.7 Å². The molecular weight excluding hydrogens is 722 g/mol. The van der Waals surface area contributed by atoms with Crippen LogP contribution in [0.1, 0.15) is 112 Å². The van der Waals surface area contributed by atoms with Crippen molar-refractivity contribution >= 4 is 23.4 Å². The Morgan fingerprint density at radius 1 is 0.911 bits per heavy atom. The van der Waals surface area contributed by atoms with Crippen LogP contribution < -0.4 is 0 Å². The Morgan fingerprint density at radius 2 is 1.57 bits per heavy atom. The number of Topliss-reactive ketones (excluding diaryl/α,β-unsaturated/α-hetero) is 2. The standard InChI is InChI=1S/C43H69NO12/c1-10-30-18-24(2)17-25(3)19-36(53-8)39-37(54-9)21-27(5)43(51,56-39)40(48)41(49)44-16-12-11-13-31(44)42(50)55-38(28(6)33(46)23-34(30)47)26(4)20-29-14-15-32(45)35(22-29)52-7/h18,20,25,27-33,35-39,45-46,51H,10-17,19,21-23H2,1-9H3/b24-18?,26-20+/t25-,27+,28+,29-,30?,31-,32+,33-,35+,36-,37-,38+,39+,43+/m0/s1. The van der Waals surface area contributed by atoms with Gasteiger partial charge in [-0.3, -0.25) is 14.4 Å². The van der Waals surface area contributed by atoms with E-state index in [1.165, 1.54) is 19.1 Å². The summed E-state index contributed by atoms with van der Waals surface area (Å²) in [6.45, 7) is 11.3. The summed E-state index contributed by atoms with van der Waals surface area (Å²) in [5, 5.41) is 34.1. The van der Waals surface area contributed by atoms with Gasteiger partial charge in [0.1, 0.15) is 24.0 Å². The van der Waals surface area contributed by atoms with Crippen molar-refractivity contribution in [3.63, 3.8) is 0 Å². The van der Waals surface area contributed by atoms with Crippen LogP contribution in [-0.4, -0.2) is 126 Å². The van der Waals surface area contributed by atoms with Gasteiger partial charge >= 0.3 is 5.97 Å². The fourth-order valence-electron chi connectivity index (χ4n) is 9.39. The molecule has 3 N–H and O–H groups in total. The number of fused-ring (bicyclic) bond motifs is 3. The van der Waals surface area contributed by atoms with E-state index in [2.05, 4.69) is 6.92 Å². The molecule has 3 heterocycles. The van der Waals surface area contributed by atoms with E-state index in [4.69, 9.17) is 23.7 Å². The first-order valence-electron chi connectivity index (χ1n) is 20.8. The molecule has 2 saturated heterocycles. The summed E-state index contributed by atoms with van der Waals surface area (Å²) in [6, 6.07) is -1.13. The molecule has 1 amide bonds. The summed E-state index contributed by atoms with van der Waals surface area (Å²) in [7, 11) is 4.63. The summed E-state index contributed by atoms with van der Waals surface area (Å²) >= 11 is 0. The summed E-state index contributed by atoms with van der Waals surface area (Å²) in [4.78, 5) is 57.6. The molecule has 3 aliphatic heterocycles. The van der Waals surface area contributed by atoms with Crippen LogP contribution in [0, 0.1) is 29.6 Å². The molecule has 1 saturated carbocycles. The van der Waals surface area contributed by atoms with Crippen LogP contribution in [0.3, 0.4) is 0 Å². The Labute approximate surface area is 333 Å². The number of cyclic esters (lactones) is 1. The zero-order valence-electron chi connectivity index (χ0n) is 35.1. The second-order valence-electron chi connectivity index (χ2n) is 17.2. The largest absolute Gasteiger partial charge is 0.456 e. The second-order valence-corrected chi connectivity index (χ2v) is 17.2.